The van der Waals surface area contributed by atoms with Gasteiger partial charge in [-0.1, -0.05) is 16.8 Å². The van der Waals surface area contributed by atoms with Crippen molar-refractivity contribution in [1.29, 1.82) is 0 Å². The van der Waals surface area contributed by atoms with Gasteiger partial charge in [-0.15, -0.1) is 0 Å². The van der Waals surface area contributed by atoms with E-state index in [1.807, 2.05) is 25.1 Å². The van der Waals surface area contributed by atoms with E-state index in [-0.39, 0.29) is 11.6 Å². The van der Waals surface area contributed by atoms with E-state index in [4.69, 9.17) is 16.1 Å². The summed E-state index contributed by atoms with van der Waals surface area (Å²) in [5, 5.41) is 10.3. The Bertz CT molecular complexity index is 875. The second-order valence-corrected chi connectivity index (χ2v) is 5.73. The zero-order valence-electron chi connectivity index (χ0n) is 13.1. The van der Waals surface area contributed by atoms with Crippen molar-refractivity contribution in [3.05, 3.63) is 64.6 Å². The largest absolute Gasteiger partial charge is 0.360 e. The molecular formula is C17H15ClN4O2. The number of halogens is 1. The summed E-state index contributed by atoms with van der Waals surface area (Å²) in [4.78, 5) is 16.3. The number of nitrogens with one attached hydrogen (secondary N) is 2. The molecular weight excluding hydrogens is 328 g/mol. The Labute approximate surface area is 143 Å². The molecule has 0 unspecified atom stereocenters. The second-order valence-electron chi connectivity index (χ2n) is 5.29. The van der Waals surface area contributed by atoms with Crippen molar-refractivity contribution < 1.29 is 9.32 Å². The van der Waals surface area contributed by atoms with Crippen LogP contribution in [0.15, 0.2) is 47.1 Å². The molecule has 0 spiro atoms. The van der Waals surface area contributed by atoms with Gasteiger partial charge in [0.05, 0.1) is 11.9 Å². The monoisotopic (exact) mass is 342 g/mol. The molecule has 0 aliphatic heterocycles. The van der Waals surface area contributed by atoms with Gasteiger partial charge in [-0.25, -0.2) is 4.98 Å². The van der Waals surface area contributed by atoms with Crippen LogP contribution in [0.4, 0.5) is 17.2 Å². The summed E-state index contributed by atoms with van der Waals surface area (Å²) in [6.07, 6.45) is 1.59. The molecule has 122 valence electrons. The van der Waals surface area contributed by atoms with Gasteiger partial charge in [-0.05, 0) is 49.7 Å². The van der Waals surface area contributed by atoms with Crippen molar-refractivity contribution in [2.75, 3.05) is 10.6 Å². The first-order chi connectivity index (χ1) is 11.5. The zero-order chi connectivity index (χ0) is 17.1. The zero-order valence-corrected chi connectivity index (χ0v) is 13.9. The van der Waals surface area contributed by atoms with Crippen LogP contribution in [-0.2, 0) is 0 Å². The van der Waals surface area contributed by atoms with Gasteiger partial charge in [0, 0.05) is 16.8 Å². The molecule has 24 heavy (non-hydrogen) atoms. The molecule has 0 fully saturated rings. The molecule has 0 bridgehead atoms. The average molecular weight is 343 g/mol. The number of aryl methyl sites for hydroxylation is 2. The molecule has 7 heteroatoms. The van der Waals surface area contributed by atoms with Crippen LogP contribution >= 0.6 is 11.6 Å². The lowest BCUT2D eigenvalue weighted by Gasteiger charge is -2.10. The van der Waals surface area contributed by atoms with E-state index >= 15 is 0 Å². The molecule has 3 rings (SSSR count). The minimum Gasteiger partial charge on any atom is -0.360 e. The van der Waals surface area contributed by atoms with Gasteiger partial charge in [0.1, 0.15) is 11.5 Å². The average Bonchev–Trinajstić information content (AvgIpc) is 2.96. The van der Waals surface area contributed by atoms with Crippen molar-refractivity contribution >= 4 is 34.7 Å². The van der Waals surface area contributed by atoms with E-state index in [0.29, 0.717) is 16.6 Å². The molecule has 1 aromatic carbocycles. The third-order valence-electron chi connectivity index (χ3n) is 3.33. The van der Waals surface area contributed by atoms with Crippen LogP contribution < -0.4 is 10.6 Å². The highest BCUT2D eigenvalue weighted by molar-refractivity contribution is 6.30. The Morgan fingerprint density at radius 2 is 2.00 bits per heavy atom. The molecule has 6 nitrogen and oxygen atoms in total. The molecule has 0 atom stereocenters. The van der Waals surface area contributed by atoms with Crippen LogP contribution in [0.2, 0.25) is 5.02 Å². The number of aromatic nitrogens is 2. The third kappa shape index (κ3) is 3.72. The lowest BCUT2D eigenvalue weighted by Crippen LogP contribution is -2.13. The van der Waals surface area contributed by atoms with E-state index in [9.17, 15) is 4.79 Å². The third-order valence-corrected chi connectivity index (χ3v) is 3.57. The fraction of sp³-hybridized carbons (Fsp3) is 0.118. The molecule has 0 aliphatic carbocycles. The highest BCUT2D eigenvalue weighted by atomic mass is 35.5. The number of carbonyl (C=O) groups excluding carboxylic acids is 1. The first kappa shape index (κ1) is 16.0. The maximum absolute atomic E-state index is 12.1. The maximum atomic E-state index is 12.1. The highest BCUT2D eigenvalue weighted by Crippen LogP contribution is 2.23. The highest BCUT2D eigenvalue weighted by Gasteiger charge is 2.10. The molecule has 1 amide bonds. The summed E-state index contributed by atoms with van der Waals surface area (Å²) in [6.45, 7) is 3.71. The summed E-state index contributed by atoms with van der Waals surface area (Å²) in [6, 6.07) is 10.6. The first-order valence-corrected chi connectivity index (χ1v) is 7.63. The molecule has 0 saturated carbocycles. The normalized spacial score (nSPS) is 10.5. The van der Waals surface area contributed by atoms with Crippen molar-refractivity contribution in [3.63, 3.8) is 0 Å². The Morgan fingerprint density at radius 3 is 2.62 bits per heavy atom. The van der Waals surface area contributed by atoms with E-state index in [1.54, 1.807) is 31.3 Å². The van der Waals surface area contributed by atoms with Crippen molar-refractivity contribution in [3.8, 4) is 0 Å². The molecule has 3 aromatic rings. The van der Waals surface area contributed by atoms with Gasteiger partial charge in [0.2, 0.25) is 0 Å². The van der Waals surface area contributed by atoms with Crippen molar-refractivity contribution in [2.45, 2.75) is 13.8 Å². The second kappa shape index (κ2) is 6.72. The van der Waals surface area contributed by atoms with Crippen molar-refractivity contribution in [2.24, 2.45) is 0 Å². The number of pyridine rings is 1. The molecule has 2 aromatic heterocycles. The summed E-state index contributed by atoms with van der Waals surface area (Å²) in [5.41, 5.74) is 3.01. The molecule has 0 radical (unpaired) electrons. The van der Waals surface area contributed by atoms with Gasteiger partial charge >= 0.3 is 0 Å². The number of anilines is 3. The minimum absolute atomic E-state index is 0.286. The van der Waals surface area contributed by atoms with Gasteiger partial charge in [-0.3, -0.25) is 4.79 Å². The Morgan fingerprint density at radius 1 is 1.17 bits per heavy atom. The SMILES string of the molecule is Cc1cc(NC(=O)c2ccc(Nc3ccc(Cl)cc3C)cn2)no1. The number of rotatable bonds is 4. The molecule has 2 N–H and O–H groups in total. The molecule has 0 saturated heterocycles. The Balaban J connectivity index is 1.69. The van der Waals surface area contributed by atoms with Crippen LogP contribution in [0, 0.1) is 13.8 Å². The Kier molecular flexibility index (Phi) is 4.48. The number of amides is 1. The fourth-order valence-electron chi connectivity index (χ4n) is 2.13. The number of carbonyl (C=O) groups is 1. The van der Waals surface area contributed by atoms with E-state index in [2.05, 4.69) is 20.8 Å². The fourth-order valence-corrected chi connectivity index (χ4v) is 2.36. The smallest absolute Gasteiger partial charge is 0.275 e. The lowest BCUT2D eigenvalue weighted by atomic mass is 10.2. The summed E-state index contributed by atoms with van der Waals surface area (Å²) < 4.78 is 4.90. The summed E-state index contributed by atoms with van der Waals surface area (Å²) >= 11 is 5.95. The van der Waals surface area contributed by atoms with Gasteiger partial charge in [0.15, 0.2) is 5.82 Å². The minimum atomic E-state index is -0.350. The van der Waals surface area contributed by atoms with Crippen LogP contribution in [0.3, 0.4) is 0 Å². The molecule has 0 aliphatic rings. The number of hydrogen-bond acceptors (Lipinski definition) is 5. The lowest BCUT2D eigenvalue weighted by molar-refractivity contribution is 0.102. The van der Waals surface area contributed by atoms with Crippen LogP contribution in [0.25, 0.3) is 0 Å². The standard InChI is InChI=1S/C17H15ClN4O2/c1-10-7-12(18)3-5-14(10)20-13-4-6-15(19-9-13)17(23)21-16-8-11(2)24-22-16/h3-9,20H,1-2H3,(H,21,22,23). The topological polar surface area (TPSA) is 80.0 Å². The number of hydrogen-bond donors (Lipinski definition) is 2. The Hall–Kier alpha value is -2.86. The van der Waals surface area contributed by atoms with E-state index in [1.165, 1.54) is 0 Å². The van der Waals surface area contributed by atoms with Crippen LogP contribution in [-0.4, -0.2) is 16.0 Å². The van der Waals surface area contributed by atoms with E-state index in [0.717, 1.165) is 16.9 Å². The molecule has 2 heterocycles. The van der Waals surface area contributed by atoms with Gasteiger partial charge in [0.25, 0.3) is 5.91 Å². The number of nitrogens with zero attached hydrogens (tertiary/aromatic N) is 2. The van der Waals surface area contributed by atoms with E-state index < -0.39 is 0 Å². The van der Waals surface area contributed by atoms with Crippen molar-refractivity contribution in [1.82, 2.24) is 10.1 Å². The predicted octanol–water partition coefficient (Wildman–Crippen LogP) is 4.34. The first-order valence-electron chi connectivity index (χ1n) is 7.25. The maximum Gasteiger partial charge on any atom is 0.275 e. The summed E-state index contributed by atoms with van der Waals surface area (Å²) in [7, 11) is 0. The van der Waals surface area contributed by atoms with Crippen LogP contribution in [0.1, 0.15) is 21.8 Å². The number of benzene rings is 1. The van der Waals surface area contributed by atoms with Crippen LogP contribution in [0.5, 0.6) is 0 Å². The van der Waals surface area contributed by atoms with Gasteiger partial charge in [-0.2, -0.15) is 0 Å². The quantitative estimate of drug-likeness (QED) is 0.737. The summed E-state index contributed by atoms with van der Waals surface area (Å²) in [5.74, 6) is 0.631. The predicted molar refractivity (Wildman–Crippen MR) is 92.9 cm³/mol. The van der Waals surface area contributed by atoms with Gasteiger partial charge < -0.3 is 15.2 Å².